The van der Waals surface area contributed by atoms with E-state index in [4.69, 9.17) is 17.3 Å². The molecule has 3 nitrogen and oxygen atoms in total. The second kappa shape index (κ2) is 6.90. The first-order chi connectivity index (χ1) is 10.8. The Labute approximate surface area is 136 Å². The summed E-state index contributed by atoms with van der Waals surface area (Å²) >= 11 is 5.37. The average Bonchev–Trinajstić information content (AvgIpc) is 2.94. The van der Waals surface area contributed by atoms with Crippen LogP contribution in [0.15, 0.2) is 54.6 Å². The van der Waals surface area contributed by atoms with Gasteiger partial charge in [0.1, 0.15) is 0 Å². The largest absolute Gasteiger partial charge is 0.396 e. The van der Waals surface area contributed by atoms with Crippen LogP contribution >= 0.6 is 12.2 Å². The van der Waals surface area contributed by atoms with Crippen molar-refractivity contribution in [3.05, 3.63) is 60.2 Å². The third kappa shape index (κ3) is 3.13. The number of aliphatic hydroxyl groups excluding tert-OH is 1. The van der Waals surface area contributed by atoms with Gasteiger partial charge in [-0.3, -0.25) is 0 Å². The fourth-order valence-electron chi connectivity index (χ4n) is 2.86. The Hall–Kier alpha value is -1.91. The Morgan fingerprint density at radius 3 is 2.41 bits per heavy atom. The van der Waals surface area contributed by atoms with Crippen LogP contribution in [-0.2, 0) is 0 Å². The molecule has 2 aromatic rings. The van der Waals surface area contributed by atoms with Gasteiger partial charge >= 0.3 is 0 Å². The summed E-state index contributed by atoms with van der Waals surface area (Å²) in [7, 11) is 0. The van der Waals surface area contributed by atoms with Crippen LogP contribution in [0.3, 0.4) is 0 Å². The maximum atomic E-state index is 9.04. The van der Waals surface area contributed by atoms with Crippen LogP contribution in [0.25, 0.3) is 11.1 Å². The Balaban J connectivity index is 1.79. The number of nitrogens with one attached hydrogen (secondary N) is 1. The summed E-state index contributed by atoms with van der Waals surface area (Å²) in [6.07, 6.45) is 0.737. The smallest absolute Gasteiger partial charge is 0.169 e. The van der Waals surface area contributed by atoms with E-state index in [1.54, 1.807) is 0 Å². The van der Waals surface area contributed by atoms with E-state index in [1.807, 2.05) is 6.07 Å². The Morgan fingerprint density at radius 1 is 1.05 bits per heavy atom. The summed E-state index contributed by atoms with van der Waals surface area (Å²) in [5.74, 6) is 0. The van der Waals surface area contributed by atoms with Crippen LogP contribution in [0, 0.1) is 0 Å². The molecular weight excluding hydrogens is 292 g/mol. The second-order valence-electron chi connectivity index (χ2n) is 5.46. The van der Waals surface area contributed by atoms with Gasteiger partial charge in [-0.05, 0) is 35.3 Å². The van der Waals surface area contributed by atoms with Crippen LogP contribution in [0.4, 0.5) is 0 Å². The van der Waals surface area contributed by atoms with Crippen molar-refractivity contribution < 1.29 is 5.11 Å². The van der Waals surface area contributed by atoms with Crippen LogP contribution < -0.4 is 5.32 Å². The molecule has 1 fully saturated rings. The lowest BCUT2D eigenvalue weighted by molar-refractivity contribution is 0.257. The summed E-state index contributed by atoms with van der Waals surface area (Å²) in [5.41, 5.74) is 3.70. The van der Waals surface area contributed by atoms with Gasteiger partial charge in [0.2, 0.25) is 0 Å². The highest BCUT2D eigenvalue weighted by Gasteiger charge is 2.28. The number of nitrogens with zero attached hydrogens (tertiary/aromatic N) is 1. The van der Waals surface area contributed by atoms with Gasteiger partial charge in [-0.2, -0.15) is 0 Å². The predicted molar refractivity (Wildman–Crippen MR) is 93.6 cm³/mol. The molecule has 1 unspecified atom stereocenters. The van der Waals surface area contributed by atoms with Crippen molar-refractivity contribution >= 4 is 17.3 Å². The molecule has 1 heterocycles. The quantitative estimate of drug-likeness (QED) is 0.832. The molecule has 4 heteroatoms. The molecule has 1 atom stereocenters. The molecule has 22 heavy (non-hydrogen) atoms. The van der Waals surface area contributed by atoms with Gasteiger partial charge in [0.25, 0.3) is 0 Å². The number of hydrogen-bond donors (Lipinski definition) is 2. The number of aliphatic hydroxyl groups is 1. The van der Waals surface area contributed by atoms with Gasteiger partial charge in [0, 0.05) is 19.7 Å². The zero-order valence-electron chi connectivity index (χ0n) is 12.4. The number of hydrogen-bond acceptors (Lipinski definition) is 2. The molecular formula is C18H20N2OS. The molecule has 0 bridgehead atoms. The molecule has 1 aliphatic rings. The van der Waals surface area contributed by atoms with Crippen LogP contribution in [0.1, 0.15) is 18.0 Å². The minimum atomic E-state index is 0.193. The topological polar surface area (TPSA) is 35.5 Å². The number of rotatable bonds is 5. The zero-order chi connectivity index (χ0) is 15.4. The van der Waals surface area contributed by atoms with Crippen LogP contribution in [-0.4, -0.2) is 34.8 Å². The minimum Gasteiger partial charge on any atom is -0.396 e. The molecule has 1 aliphatic heterocycles. The fraction of sp³-hybridized carbons (Fsp3) is 0.278. The molecule has 3 rings (SSSR count). The van der Waals surface area contributed by atoms with Gasteiger partial charge in [0.15, 0.2) is 5.11 Å². The molecule has 0 amide bonds. The number of thiocarbonyl (C=S) groups is 1. The van der Waals surface area contributed by atoms with Crippen molar-refractivity contribution in [1.29, 1.82) is 0 Å². The van der Waals surface area contributed by atoms with Crippen molar-refractivity contribution in [2.45, 2.75) is 12.5 Å². The summed E-state index contributed by atoms with van der Waals surface area (Å²) in [5, 5.41) is 13.1. The fourth-order valence-corrected chi connectivity index (χ4v) is 3.16. The molecule has 2 aromatic carbocycles. The van der Waals surface area contributed by atoms with E-state index in [0.717, 1.165) is 24.6 Å². The first kappa shape index (κ1) is 15.0. The molecule has 0 saturated carbocycles. The van der Waals surface area contributed by atoms with Gasteiger partial charge in [-0.1, -0.05) is 54.6 Å². The van der Waals surface area contributed by atoms with Crippen molar-refractivity contribution in [2.24, 2.45) is 0 Å². The Morgan fingerprint density at radius 2 is 1.73 bits per heavy atom. The van der Waals surface area contributed by atoms with Gasteiger partial charge in [-0.15, -0.1) is 0 Å². The summed E-state index contributed by atoms with van der Waals surface area (Å²) in [6, 6.07) is 19.3. The van der Waals surface area contributed by atoms with Crippen molar-refractivity contribution in [3.8, 4) is 11.1 Å². The van der Waals surface area contributed by atoms with E-state index in [2.05, 4.69) is 58.7 Å². The highest BCUT2D eigenvalue weighted by atomic mass is 32.1. The molecule has 0 radical (unpaired) electrons. The van der Waals surface area contributed by atoms with Gasteiger partial charge in [0.05, 0.1) is 6.04 Å². The molecule has 0 spiro atoms. The van der Waals surface area contributed by atoms with Crippen molar-refractivity contribution in [1.82, 2.24) is 10.2 Å². The first-order valence-electron chi connectivity index (χ1n) is 7.60. The lowest BCUT2D eigenvalue weighted by atomic mass is 10.0. The lowest BCUT2D eigenvalue weighted by Gasteiger charge is -2.25. The Kier molecular flexibility index (Phi) is 4.71. The highest BCUT2D eigenvalue weighted by molar-refractivity contribution is 7.80. The molecule has 2 N–H and O–H groups in total. The third-order valence-corrected chi connectivity index (χ3v) is 4.42. The van der Waals surface area contributed by atoms with E-state index in [9.17, 15) is 0 Å². The van der Waals surface area contributed by atoms with E-state index >= 15 is 0 Å². The molecule has 1 saturated heterocycles. The van der Waals surface area contributed by atoms with Gasteiger partial charge in [-0.25, -0.2) is 0 Å². The van der Waals surface area contributed by atoms with Crippen LogP contribution in [0.5, 0.6) is 0 Å². The highest BCUT2D eigenvalue weighted by Crippen LogP contribution is 2.27. The monoisotopic (exact) mass is 312 g/mol. The van der Waals surface area contributed by atoms with Crippen LogP contribution in [0.2, 0.25) is 0 Å². The number of benzene rings is 2. The first-order valence-corrected chi connectivity index (χ1v) is 8.01. The zero-order valence-corrected chi connectivity index (χ0v) is 13.2. The second-order valence-corrected chi connectivity index (χ2v) is 5.85. The van der Waals surface area contributed by atoms with Crippen molar-refractivity contribution in [2.75, 3.05) is 19.7 Å². The predicted octanol–water partition coefficient (Wildman–Crippen LogP) is 2.97. The van der Waals surface area contributed by atoms with Gasteiger partial charge < -0.3 is 15.3 Å². The maximum Gasteiger partial charge on any atom is 0.169 e. The third-order valence-electron chi connectivity index (χ3n) is 4.04. The standard InChI is InChI=1S/C18H20N2OS/c21-12-4-11-20-17(13-19-18(20)22)16-9-7-15(8-10-16)14-5-2-1-3-6-14/h1-3,5-10,17,21H,4,11-13H2,(H,19,22). The molecule has 0 aromatic heterocycles. The van der Waals surface area contributed by atoms with E-state index in [0.29, 0.717) is 0 Å². The molecule has 114 valence electrons. The van der Waals surface area contributed by atoms with Crippen molar-refractivity contribution in [3.63, 3.8) is 0 Å². The van der Waals surface area contributed by atoms with E-state index in [1.165, 1.54) is 16.7 Å². The maximum absolute atomic E-state index is 9.04. The SMILES string of the molecule is OCCCN1C(=S)NCC1c1ccc(-c2ccccc2)cc1. The average molecular weight is 312 g/mol. The lowest BCUT2D eigenvalue weighted by Crippen LogP contribution is -2.31. The minimum absolute atomic E-state index is 0.193. The normalized spacial score (nSPS) is 17.6. The summed E-state index contributed by atoms with van der Waals surface area (Å²) in [4.78, 5) is 2.17. The molecule has 0 aliphatic carbocycles. The Bertz CT molecular complexity index is 627. The summed E-state index contributed by atoms with van der Waals surface area (Å²) < 4.78 is 0. The summed E-state index contributed by atoms with van der Waals surface area (Å²) in [6.45, 7) is 1.81. The van der Waals surface area contributed by atoms with E-state index in [-0.39, 0.29) is 12.6 Å². The van der Waals surface area contributed by atoms with E-state index < -0.39 is 0 Å².